The molecule has 0 amide bonds. The minimum atomic E-state index is -5.07. The summed E-state index contributed by atoms with van der Waals surface area (Å²) in [5, 5.41) is 13.1. The van der Waals surface area contributed by atoms with E-state index in [4.69, 9.17) is 33.7 Å². The number of pyridine rings is 2. The van der Waals surface area contributed by atoms with E-state index in [0.29, 0.717) is 47.2 Å². The molecule has 2 aromatic heterocycles. The second kappa shape index (κ2) is 10.9. The molecule has 1 fully saturated rings. The minimum Gasteiger partial charge on any atom is -0.449 e. The number of hydrogen-bond donors (Lipinski definition) is 3. The van der Waals surface area contributed by atoms with Gasteiger partial charge in [0, 0.05) is 29.7 Å². The van der Waals surface area contributed by atoms with Gasteiger partial charge in [-0.25, -0.2) is 14.8 Å². The molecule has 0 bridgehead atoms. The predicted molar refractivity (Wildman–Crippen MR) is 136 cm³/mol. The van der Waals surface area contributed by atoms with Crippen molar-refractivity contribution in [3.63, 3.8) is 0 Å². The summed E-state index contributed by atoms with van der Waals surface area (Å²) in [5.41, 5.74) is 5.94. The van der Waals surface area contributed by atoms with Crippen molar-refractivity contribution in [1.82, 2.24) is 9.97 Å². The highest BCUT2D eigenvalue weighted by atomic mass is 35.5. The Bertz CT molecular complexity index is 1390. The Morgan fingerprint density at radius 3 is 2.55 bits per heavy atom. The fraction of sp³-hybridized carbons (Fsp3) is 0.250. The third-order valence-electron chi connectivity index (χ3n) is 5.74. The highest BCUT2D eigenvalue weighted by Gasteiger charge is 2.40. The van der Waals surface area contributed by atoms with Gasteiger partial charge in [0.25, 0.3) is 5.78 Å². The zero-order valence-electron chi connectivity index (χ0n) is 19.4. The summed E-state index contributed by atoms with van der Waals surface area (Å²) >= 11 is 12.3. The number of nitrogens with one attached hydrogen (secondary N) is 1. The summed E-state index contributed by atoms with van der Waals surface area (Å²) in [6.45, 7) is 0.846. The first-order valence-corrected chi connectivity index (χ1v) is 11.9. The number of rotatable bonds is 6. The van der Waals surface area contributed by atoms with Crippen LogP contribution in [-0.4, -0.2) is 52.3 Å². The molecule has 200 valence electrons. The molecule has 1 aromatic carbocycles. The van der Waals surface area contributed by atoms with Crippen molar-refractivity contribution in [2.75, 3.05) is 29.0 Å². The first kappa shape index (κ1) is 27.3. The Labute approximate surface area is 224 Å². The van der Waals surface area contributed by atoms with Crippen LogP contribution in [0.2, 0.25) is 10.0 Å². The molecule has 1 aliphatic heterocycles. The van der Waals surface area contributed by atoms with E-state index >= 15 is 0 Å². The van der Waals surface area contributed by atoms with Gasteiger partial charge in [0.05, 0.1) is 16.3 Å². The maximum Gasteiger partial charge on any atom is 0.511 e. The molecule has 0 spiro atoms. The normalized spacial score (nSPS) is 15.7. The minimum absolute atomic E-state index is 0.0179. The molecule has 3 aromatic rings. The number of halogens is 5. The van der Waals surface area contributed by atoms with Crippen LogP contribution in [0.3, 0.4) is 0 Å². The molecule has 14 heteroatoms. The van der Waals surface area contributed by atoms with Gasteiger partial charge in [-0.2, -0.15) is 13.2 Å². The van der Waals surface area contributed by atoms with Gasteiger partial charge >= 0.3 is 12.3 Å². The number of anilines is 3. The number of hydrogen-bond acceptors (Lipinski definition) is 8. The average Bonchev–Trinajstić information content (AvgIpc) is 2.83. The Kier molecular flexibility index (Phi) is 7.83. The van der Waals surface area contributed by atoms with Crippen LogP contribution < -0.4 is 20.7 Å². The number of ketones is 1. The predicted octanol–water partition coefficient (Wildman–Crippen LogP) is 5.92. The summed E-state index contributed by atoms with van der Waals surface area (Å²) in [4.78, 5) is 33.2. The lowest BCUT2D eigenvalue weighted by molar-refractivity contribution is -0.0884. The molecule has 4 rings (SSSR count). The van der Waals surface area contributed by atoms with Gasteiger partial charge in [-0.15, -0.1) is 0 Å². The highest BCUT2D eigenvalue weighted by Crippen LogP contribution is 2.35. The van der Waals surface area contributed by atoms with E-state index in [-0.39, 0.29) is 23.4 Å². The van der Waals surface area contributed by atoms with Crippen molar-refractivity contribution >= 4 is 52.6 Å². The van der Waals surface area contributed by atoms with Crippen LogP contribution in [0.15, 0.2) is 42.5 Å². The number of carbonyl (C=O) groups is 2. The van der Waals surface area contributed by atoms with E-state index in [1.165, 1.54) is 12.1 Å². The largest absolute Gasteiger partial charge is 0.511 e. The molecule has 1 aliphatic rings. The third kappa shape index (κ3) is 6.20. The van der Waals surface area contributed by atoms with Crippen LogP contribution in [0.4, 0.5) is 35.4 Å². The van der Waals surface area contributed by atoms with Gasteiger partial charge < -0.3 is 25.8 Å². The number of alkyl halides is 3. The van der Waals surface area contributed by atoms with Gasteiger partial charge in [0.2, 0.25) is 0 Å². The molecular formula is C24H20Cl2F3N5O4. The van der Waals surface area contributed by atoms with Crippen molar-refractivity contribution in [2.45, 2.75) is 25.1 Å². The molecule has 1 unspecified atom stereocenters. The topological polar surface area (TPSA) is 131 Å². The van der Waals surface area contributed by atoms with E-state index in [1.54, 1.807) is 24.3 Å². The number of nitrogens with two attached hydrogens (primary N) is 1. The molecule has 0 aliphatic carbocycles. The Hall–Kier alpha value is -3.77. The summed E-state index contributed by atoms with van der Waals surface area (Å²) in [6.07, 6.45) is -5.25. The van der Waals surface area contributed by atoms with Crippen LogP contribution in [-0.2, 0) is 0 Å². The van der Waals surface area contributed by atoms with Gasteiger partial charge in [-0.1, -0.05) is 23.2 Å². The second-order valence-corrected chi connectivity index (χ2v) is 9.24. The number of ether oxygens (including phenoxy) is 1. The van der Waals surface area contributed by atoms with Crippen LogP contribution in [0.5, 0.6) is 5.75 Å². The molecule has 3 heterocycles. The van der Waals surface area contributed by atoms with Crippen LogP contribution >= 0.6 is 23.2 Å². The van der Waals surface area contributed by atoms with Gasteiger partial charge in [-0.05, 0) is 55.3 Å². The molecule has 1 saturated heterocycles. The zero-order valence-corrected chi connectivity index (χ0v) is 20.9. The summed E-state index contributed by atoms with van der Waals surface area (Å²) < 4.78 is 43.2. The van der Waals surface area contributed by atoms with Gasteiger partial charge in [0.15, 0.2) is 11.6 Å². The van der Waals surface area contributed by atoms with E-state index in [2.05, 4.69) is 15.3 Å². The SMILES string of the molecule is Nc1nc(NC2CCCN(c3nc(-c4ccc(Cl)cc4Cl)ccc3OC(=O)O)C2)ccc1C(=O)C(F)(F)F. The molecule has 9 nitrogen and oxygen atoms in total. The number of Topliss-reactive ketones (excluding diaryl/α,β-unsaturated/α-hetero) is 1. The number of benzene rings is 1. The first-order valence-electron chi connectivity index (χ1n) is 11.2. The Morgan fingerprint density at radius 1 is 1.13 bits per heavy atom. The zero-order chi connectivity index (χ0) is 27.6. The first-order chi connectivity index (χ1) is 17.9. The summed E-state index contributed by atoms with van der Waals surface area (Å²) in [5.74, 6) is -2.15. The van der Waals surface area contributed by atoms with Gasteiger partial charge in [0.1, 0.15) is 11.6 Å². The van der Waals surface area contributed by atoms with Crippen molar-refractivity contribution in [1.29, 1.82) is 0 Å². The number of nitrogen functional groups attached to an aromatic ring is 1. The molecule has 38 heavy (non-hydrogen) atoms. The van der Waals surface area contributed by atoms with Crippen LogP contribution in [0.25, 0.3) is 11.3 Å². The van der Waals surface area contributed by atoms with Crippen molar-refractivity contribution < 1.29 is 32.6 Å². The molecule has 4 N–H and O–H groups in total. The Morgan fingerprint density at radius 2 is 1.89 bits per heavy atom. The number of nitrogens with zero attached hydrogens (tertiary/aromatic N) is 3. The van der Waals surface area contributed by atoms with Crippen molar-refractivity contribution in [3.05, 3.63) is 58.1 Å². The fourth-order valence-electron chi connectivity index (χ4n) is 4.08. The molecule has 1 atom stereocenters. The number of carboxylic acid groups (broad SMARTS) is 1. The van der Waals surface area contributed by atoms with E-state index in [1.807, 2.05) is 4.90 Å². The summed E-state index contributed by atoms with van der Waals surface area (Å²) in [6, 6.07) is 9.92. The standard InChI is InChI=1S/C24H20Cl2F3N5O4/c25-12-3-4-14(16(26)10-12)17-6-7-18(38-23(36)37)22(32-17)34-9-1-2-13(11-34)31-19-8-5-15(21(30)33-19)20(35)24(27,28)29/h3-8,10,13H,1-2,9,11H2,(H,36,37)(H3,30,31,33). The number of aromatic nitrogens is 2. The van der Waals surface area contributed by atoms with Crippen molar-refractivity contribution in [3.8, 4) is 17.0 Å². The Balaban J connectivity index is 1.58. The van der Waals surface area contributed by atoms with Crippen LogP contribution in [0, 0.1) is 0 Å². The lowest BCUT2D eigenvalue weighted by Crippen LogP contribution is -2.43. The summed E-state index contributed by atoms with van der Waals surface area (Å²) in [7, 11) is 0. The van der Waals surface area contributed by atoms with Crippen LogP contribution in [0.1, 0.15) is 23.2 Å². The quantitative estimate of drug-likeness (QED) is 0.244. The molecule has 0 radical (unpaired) electrons. The average molecular weight is 570 g/mol. The van der Waals surface area contributed by atoms with E-state index < -0.39 is 29.5 Å². The maximum absolute atomic E-state index is 12.8. The number of carbonyl (C=O) groups excluding carboxylic acids is 1. The molecular weight excluding hydrogens is 550 g/mol. The van der Waals surface area contributed by atoms with Crippen molar-refractivity contribution in [2.24, 2.45) is 0 Å². The lowest BCUT2D eigenvalue weighted by atomic mass is 10.0. The maximum atomic E-state index is 12.8. The number of piperidine rings is 1. The smallest absolute Gasteiger partial charge is 0.449 e. The fourth-order valence-corrected chi connectivity index (χ4v) is 4.58. The highest BCUT2D eigenvalue weighted by molar-refractivity contribution is 6.36. The van der Waals surface area contributed by atoms with E-state index in [0.717, 1.165) is 6.07 Å². The molecule has 0 saturated carbocycles. The lowest BCUT2D eigenvalue weighted by Gasteiger charge is -2.35. The third-order valence-corrected chi connectivity index (χ3v) is 6.29. The van der Waals surface area contributed by atoms with E-state index in [9.17, 15) is 27.9 Å². The monoisotopic (exact) mass is 569 g/mol. The second-order valence-electron chi connectivity index (χ2n) is 8.40. The van der Waals surface area contributed by atoms with Gasteiger partial charge in [-0.3, -0.25) is 4.79 Å².